The fourth-order valence-corrected chi connectivity index (χ4v) is 1.43. The van der Waals surface area contributed by atoms with Gasteiger partial charge in [0.05, 0.1) is 0 Å². The molecule has 0 bridgehead atoms. The molecule has 88 valence electrons. The normalized spacial score (nSPS) is 10.8. The molecule has 17 heavy (non-hydrogen) atoms. The summed E-state index contributed by atoms with van der Waals surface area (Å²) in [7, 11) is 0. The van der Waals surface area contributed by atoms with Crippen molar-refractivity contribution in [2.75, 3.05) is 0 Å². The molecule has 1 heterocycles. The van der Waals surface area contributed by atoms with Crippen molar-refractivity contribution in [1.29, 1.82) is 0 Å². The molecule has 0 aliphatic rings. The third-order valence-electron chi connectivity index (χ3n) is 2.27. The van der Waals surface area contributed by atoms with Crippen LogP contribution in [0.5, 0.6) is 5.75 Å². The summed E-state index contributed by atoms with van der Waals surface area (Å²) in [5.41, 5.74) is -1.92. The fourth-order valence-electron chi connectivity index (χ4n) is 1.43. The standard InChI is InChI=1S/C11H6F2O4/c1-4(14)6-2-5-3-7(12)9(15)8(13)10(5)17-11(6)16/h2-3,15H,1H3. The summed E-state index contributed by atoms with van der Waals surface area (Å²) in [6.45, 7) is 1.13. The van der Waals surface area contributed by atoms with Gasteiger partial charge in [0, 0.05) is 5.39 Å². The van der Waals surface area contributed by atoms with Gasteiger partial charge >= 0.3 is 5.63 Å². The molecule has 1 aromatic heterocycles. The molecule has 2 aromatic rings. The highest BCUT2D eigenvalue weighted by Gasteiger charge is 2.17. The maximum atomic E-state index is 13.4. The van der Waals surface area contributed by atoms with E-state index in [4.69, 9.17) is 5.11 Å². The van der Waals surface area contributed by atoms with E-state index in [1.54, 1.807) is 0 Å². The van der Waals surface area contributed by atoms with Crippen molar-refractivity contribution in [1.82, 2.24) is 0 Å². The first-order valence-electron chi connectivity index (χ1n) is 4.57. The summed E-state index contributed by atoms with van der Waals surface area (Å²) in [6.07, 6.45) is 0. The zero-order chi connectivity index (χ0) is 12.7. The summed E-state index contributed by atoms with van der Waals surface area (Å²) < 4.78 is 31.0. The van der Waals surface area contributed by atoms with E-state index in [0.717, 1.165) is 19.1 Å². The van der Waals surface area contributed by atoms with Crippen molar-refractivity contribution in [2.24, 2.45) is 0 Å². The Hall–Kier alpha value is -2.24. The molecule has 4 nitrogen and oxygen atoms in total. The van der Waals surface area contributed by atoms with Crippen molar-refractivity contribution in [2.45, 2.75) is 6.92 Å². The number of fused-ring (bicyclic) bond motifs is 1. The molecule has 0 unspecified atom stereocenters. The van der Waals surface area contributed by atoms with Crippen LogP contribution in [-0.2, 0) is 0 Å². The predicted molar refractivity (Wildman–Crippen MR) is 54.1 cm³/mol. The Balaban J connectivity index is 2.94. The number of benzene rings is 1. The molecule has 0 aliphatic heterocycles. The van der Waals surface area contributed by atoms with Gasteiger partial charge in [-0.3, -0.25) is 4.79 Å². The summed E-state index contributed by atoms with van der Waals surface area (Å²) in [4.78, 5) is 22.3. The average Bonchev–Trinajstić information content (AvgIpc) is 2.26. The van der Waals surface area contributed by atoms with Crippen LogP contribution in [0.1, 0.15) is 17.3 Å². The Morgan fingerprint density at radius 2 is 2.00 bits per heavy atom. The molecule has 0 amide bonds. The SMILES string of the molecule is CC(=O)c1cc2cc(F)c(O)c(F)c2oc1=O. The summed E-state index contributed by atoms with van der Waals surface area (Å²) in [5, 5.41) is 8.89. The van der Waals surface area contributed by atoms with Crippen molar-refractivity contribution >= 4 is 16.8 Å². The van der Waals surface area contributed by atoms with E-state index in [0.29, 0.717) is 0 Å². The Morgan fingerprint density at radius 3 is 2.59 bits per heavy atom. The van der Waals surface area contributed by atoms with Gasteiger partial charge in [-0.05, 0) is 19.1 Å². The highest BCUT2D eigenvalue weighted by Crippen LogP contribution is 2.28. The van der Waals surface area contributed by atoms with Crippen LogP contribution in [-0.4, -0.2) is 10.9 Å². The van der Waals surface area contributed by atoms with Crippen molar-refractivity contribution in [3.8, 4) is 5.75 Å². The molecule has 0 radical (unpaired) electrons. The van der Waals surface area contributed by atoms with Gasteiger partial charge in [-0.1, -0.05) is 0 Å². The number of hydrogen-bond donors (Lipinski definition) is 1. The van der Waals surface area contributed by atoms with Crippen molar-refractivity contribution in [3.63, 3.8) is 0 Å². The van der Waals surface area contributed by atoms with E-state index in [9.17, 15) is 18.4 Å². The minimum Gasteiger partial charge on any atom is -0.503 e. The van der Waals surface area contributed by atoms with Crippen LogP contribution in [0.3, 0.4) is 0 Å². The minimum absolute atomic E-state index is 0.109. The number of rotatable bonds is 1. The van der Waals surface area contributed by atoms with E-state index >= 15 is 0 Å². The van der Waals surface area contributed by atoms with Gasteiger partial charge in [0.1, 0.15) is 5.56 Å². The summed E-state index contributed by atoms with van der Waals surface area (Å²) in [6, 6.07) is 1.80. The second kappa shape index (κ2) is 3.65. The van der Waals surface area contributed by atoms with Crippen LogP contribution in [0.4, 0.5) is 8.78 Å². The monoisotopic (exact) mass is 240 g/mol. The Labute approximate surface area is 93.1 Å². The highest BCUT2D eigenvalue weighted by molar-refractivity contribution is 5.96. The van der Waals surface area contributed by atoms with Crippen molar-refractivity contribution < 1.29 is 23.1 Å². The molecule has 2 rings (SSSR count). The zero-order valence-corrected chi connectivity index (χ0v) is 8.58. The summed E-state index contributed by atoms with van der Waals surface area (Å²) >= 11 is 0. The van der Waals surface area contributed by atoms with Gasteiger partial charge in [0.15, 0.2) is 22.9 Å². The number of carbonyl (C=O) groups is 1. The molecular weight excluding hydrogens is 234 g/mol. The van der Waals surface area contributed by atoms with Crippen LogP contribution in [0.15, 0.2) is 21.3 Å². The number of carbonyl (C=O) groups excluding carboxylic acids is 1. The molecular formula is C11H6F2O4. The van der Waals surface area contributed by atoms with Gasteiger partial charge in [0.25, 0.3) is 0 Å². The van der Waals surface area contributed by atoms with Crippen LogP contribution < -0.4 is 5.63 Å². The quantitative estimate of drug-likeness (QED) is 0.611. The number of Topliss-reactive ketones (excluding diaryl/α,β-unsaturated/α-hetero) is 1. The van der Waals surface area contributed by atoms with Crippen LogP contribution in [0.25, 0.3) is 11.0 Å². The maximum absolute atomic E-state index is 13.4. The van der Waals surface area contributed by atoms with Crippen LogP contribution >= 0.6 is 0 Å². The largest absolute Gasteiger partial charge is 0.503 e. The lowest BCUT2D eigenvalue weighted by Gasteiger charge is -2.03. The predicted octanol–water partition coefficient (Wildman–Crippen LogP) is 1.98. The van der Waals surface area contributed by atoms with E-state index < -0.39 is 34.4 Å². The van der Waals surface area contributed by atoms with Gasteiger partial charge < -0.3 is 9.52 Å². The minimum atomic E-state index is -1.37. The van der Waals surface area contributed by atoms with E-state index in [2.05, 4.69) is 4.42 Å². The Morgan fingerprint density at radius 1 is 1.35 bits per heavy atom. The number of aromatic hydroxyl groups is 1. The molecule has 1 aromatic carbocycles. The number of phenols is 1. The molecule has 0 saturated heterocycles. The average molecular weight is 240 g/mol. The van der Waals surface area contributed by atoms with Gasteiger partial charge in [-0.25, -0.2) is 9.18 Å². The highest BCUT2D eigenvalue weighted by atomic mass is 19.1. The van der Waals surface area contributed by atoms with E-state index in [1.165, 1.54) is 0 Å². The lowest BCUT2D eigenvalue weighted by Crippen LogP contribution is -2.11. The number of ketones is 1. The number of phenolic OH excluding ortho intramolecular Hbond substituents is 1. The van der Waals surface area contributed by atoms with Gasteiger partial charge in [0.2, 0.25) is 5.82 Å². The van der Waals surface area contributed by atoms with Crippen molar-refractivity contribution in [3.05, 3.63) is 39.8 Å². The second-order valence-corrected chi connectivity index (χ2v) is 3.44. The fraction of sp³-hybridized carbons (Fsp3) is 0.0909. The zero-order valence-electron chi connectivity index (χ0n) is 8.58. The maximum Gasteiger partial charge on any atom is 0.347 e. The first-order chi connectivity index (χ1) is 7.91. The lowest BCUT2D eigenvalue weighted by atomic mass is 10.1. The summed E-state index contributed by atoms with van der Waals surface area (Å²) in [5.74, 6) is -4.36. The smallest absolute Gasteiger partial charge is 0.347 e. The molecule has 0 fully saturated rings. The molecule has 1 N–H and O–H groups in total. The van der Waals surface area contributed by atoms with Crippen LogP contribution in [0.2, 0.25) is 0 Å². The second-order valence-electron chi connectivity index (χ2n) is 3.44. The Kier molecular flexibility index (Phi) is 2.42. The molecule has 0 aliphatic carbocycles. The first-order valence-corrected chi connectivity index (χ1v) is 4.57. The molecule has 0 spiro atoms. The van der Waals surface area contributed by atoms with E-state index in [-0.39, 0.29) is 10.9 Å². The molecule has 0 saturated carbocycles. The Bertz CT molecular complexity index is 688. The first kappa shape index (κ1) is 11.3. The number of halogens is 2. The van der Waals surface area contributed by atoms with Crippen LogP contribution in [0, 0.1) is 11.6 Å². The van der Waals surface area contributed by atoms with E-state index in [1.807, 2.05) is 0 Å². The number of hydrogen-bond acceptors (Lipinski definition) is 4. The van der Waals surface area contributed by atoms with Gasteiger partial charge in [-0.15, -0.1) is 0 Å². The third-order valence-corrected chi connectivity index (χ3v) is 2.27. The third kappa shape index (κ3) is 1.67. The van der Waals surface area contributed by atoms with Gasteiger partial charge in [-0.2, -0.15) is 4.39 Å². The lowest BCUT2D eigenvalue weighted by molar-refractivity contribution is 0.101. The molecule has 0 atom stereocenters. The molecule has 6 heteroatoms. The topological polar surface area (TPSA) is 67.5 Å².